The third-order valence-corrected chi connectivity index (χ3v) is 5.46. The third kappa shape index (κ3) is 4.69. The first-order valence-corrected chi connectivity index (χ1v) is 10.0. The van der Waals surface area contributed by atoms with E-state index in [1.54, 1.807) is 72.8 Å². The molecule has 0 saturated heterocycles. The monoisotopic (exact) mass is 396 g/mol. The van der Waals surface area contributed by atoms with Gasteiger partial charge < -0.3 is 10.1 Å². The van der Waals surface area contributed by atoms with E-state index in [9.17, 15) is 13.2 Å². The topological polar surface area (TPSA) is 84.5 Å². The van der Waals surface area contributed by atoms with Gasteiger partial charge in [-0.2, -0.15) is 0 Å². The van der Waals surface area contributed by atoms with Gasteiger partial charge in [-0.25, -0.2) is 8.42 Å². The van der Waals surface area contributed by atoms with Gasteiger partial charge >= 0.3 is 0 Å². The van der Waals surface area contributed by atoms with Gasteiger partial charge in [0.05, 0.1) is 12.0 Å². The van der Waals surface area contributed by atoms with Gasteiger partial charge in [-0.05, 0) is 61.5 Å². The number of amides is 1. The van der Waals surface area contributed by atoms with E-state index in [2.05, 4.69) is 10.0 Å². The van der Waals surface area contributed by atoms with Crippen molar-refractivity contribution in [2.24, 2.45) is 0 Å². The smallest absolute Gasteiger partial charge is 0.261 e. The lowest BCUT2D eigenvalue weighted by Crippen LogP contribution is -2.14. The molecule has 1 amide bonds. The predicted octanol–water partition coefficient (Wildman–Crippen LogP) is 4.06. The van der Waals surface area contributed by atoms with Gasteiger partial charge in [0.1, 0.15) is 5.75 Å². The Balaban J connectivity index is 1.69. The number of nitrogens with one attached hydrogen (secondary N) is 2. The fourth-order valence-electron chi connectivity index (χ4n) is 2.52. The largest absolute Gasteiger partial charge is 0.497 e. The van der Waals surface area contributed by atoms with E-state index < -0.39 is 10.0 Å². The molecule has 0 aromatic heterocycles. The summed E-state index contributed by atoms with van der Waals surface area (Å²) in [5.41, 5.74) is 2.39. The molecule has 144 valence electrons. The van der Waals surface area contributed by atoms with Crippen LogP contribution in [0.1, 0.15) is 15.9 Å². The van der Waals surface area contributed by atoms with E-state index >= 15 is 0 Å². The molecule has 7 heteroatoms. The maximum Gasteiger partial charge on any atom is 0.261 e. The molecule has 0 bridgehead atoms. The number of ether oxygens (including phenoxy) is 1. The van der Waals surface area contributed by atoms with Crippen LogP contribution in [0.4, 0.5) is 11.4 Å². The summed E-state index contributed by atoms with van der Waals surface area (Å²) in [6.45, 7) is 1.89. The van der Waals surface area contributed by atoms with Crippen molar-refractivity contribution >= 4 is 27.3 Å². The van der Waals surface area contributed by atoms with Crippen LogP contribution in [0, 0.1) is 6.92 Å². The molecule has 3 aromatic rings. The summed E-state index contributed by atoms with van der Waals surface area (Å²) in [5.74, 6) is 0.306. The number of anilines is 2. The lowest BCUT2D eigenvalue weighted by molar-refractivity contribution is 0.102. The summed E-state index contributed by atoms with van der Waals surface area (Å²) >= 11 is 0. The molecule has 3 rings (SSSR count). The standard InChI is InChI=1S/C21H20N2O4S/c1-15-6-12-20(13-7-15)28(25,26)23-18-10-8-17(9-11-18)22-21(24)16-4-3-5-19(14-16)27-2/h3-14,23H,1-2H3,(H,22,24). The Morgan fingerprint density at radius 2 is 1.54 bits per heavy atom. The van der Waals surface area contributed by atoms with Gasteiger partial charge in [-0.3, -0.25) is 9.52 Å². The average Bonchev–Trinajstić information content (AvgIpc) is 2.69. The number of aryl methyl sites for hydroxylation is 1. The lowest BCUT2D eigenvalue weighted by atomic mass is 10.2. The molecule has 0 radical (unpaired) electrons. The van der Waals surface area contributed by atoms with Crippen LogP contribution in [0.3, 0.4) is 0 Å². The van der Waals surface area contributed by atoms with Crippen molar-refractivity contribution in [1.82, 2.24) is 0 Å². The van der Waals surface area contributed by atoms with Crippen molar-refractivity contribution in [2.75, 3.05) is 17.1 Å². The van der Waals surface area contributed by atoms with Crippen LogP contribution in [-0.2, 0) is 10.0 Å². The first kappa shape index (κ1) is 19.4. The maximum atomic E-state index is 12.4. The van der Waals surface area contributed by atoms with Crippen LogP contribution in [0.25, 0.3) is 0 Å². The van der Waals surface area contributed by atoms with Crippen LogP contribution in [-0.4, -0.2) is 21.4 Å². The fourth-order valence-corrected chi connectivity index (χ4v) is 3.58. The van der Waals surface area contributed by atoms with Gasteiger partial charge in [-0.1, -0.05) is 23.8 Å². The highest BCUT2D eigenvalue weighted by Crippen LogP contribution is 2.20. The van der Waals surface area contributed by atoms with Gasteiger partial charge in [0.25, 0.3) is 15.9 Å². The molecule has 0 spiro atoms. The van der Waals surface area contributed by atoms with Crippen LogP contribution in [0.5, 0.6) is 5.75 Å². The third-order valence-electron chi connectivity index (χ3n) is 4.06. The summed E-state index contributed by atoms with van der Waals surface area (Å²) in [6.07, 6.45) is 0. The van der Waals surface area contributed by atoms with E-state index in [0.29, 0.717) is 22.7 Å². The van der Waals surface area contributed by atoms with E-state index in [1.807, 2.05) is 6.92 Å². The molecule has 0 aliphatic carbocycles. The lowest BCUT2D eigenvalue weighted by Gasteiger charge is -2.10. The molecule has 0 saturated carbocycles. The van der Waals surface area contributed by atoms with Crippen LogP contribution in [0.15, 0.2) is 77.7 Å². The molecule has 0 unspecified atom stereocenters. The molecule has 0 atom stereocenters. The molecule has 28 heavy (non-hydrogen) atoms. The van der Waals surface area contributed by atoms with Crippen molar-refractivity contribution < 1.29 is 17.9 Å². The first-order chi connectivity index (χ1) is 13.4. The summed E-state index contributed by atoms with van der Waals surface area (Å²) in [6, 6.07) is 19.8. The molecular formula is C21H20N2O4S. The van der Waals surface area contributed by atoms with Crippen molar-refractivity contribution in [3.05, 3.63) is 83.9 Å². The number of hydrogen-bond acceptors (Lipinski definition) is 4. The van der Waals surface area contributed by atoms with Gasteiger partial charge in [0.15, 0.2) is 0 Å². The van der Waals surface area contributed by atoms with Crippen molar-refractivity contribution in [3.8, 4) is 5.75 Å². The van der Waals surface area contributed by atoms with E-state index in [-0.39, 0.29) is 10.8 Å². The number of sulfonamides is 1. The van der Waals surface area contributed by atoms with Crippen molar-refractivity contribution in [1.29, 1.82) is 0 Å². The molecule has 6 nitrogen and oxygen atoms in total. The SMILES string of the molecule is COc1cccc(C(=O)Nc2ccc(NS(=O)(=O)c3ccc(C)cc3)cc2)c1. The summed E-state index contributed by atoms with van der Waals surface area (Å²) in [7, 11) is -2.13. The van der Waals surface area contributed by atoms with Crippen molar-refractivity contribution in [3.63, 3.8) is 0 Å². The highest BCUT2D eigenvalue weighted by Gasteiger charge is 2.14. The highest BCUT2D eigenvalue weighted by atomic mass is 32.2. The Morgan fingerprint density at radius 1 is 0.893 bits per heavy atom. The number of rotatable bonds is 6. The van der Waals surface area contributed by atoms with Crippen LogP contribution < -0.4 is 14.8 Å². The Kier molecular flexibility index (Phi) is 5.65. The molecule has 0 heterocycles. The van der Waals surface area contributed by atoms with Gasteiger partial charge in [0, 0.05) is 16.9 Å². The zero-order valence-electron chi connectivity index (χ0n) is 15.5. The Labute approximate surface area is 164 Å². The van der Waals surface area contributed by atoms with Gasteiger partial charge in [-0.15, -0.1) is 0 Å². The first-order valence-electron chi connectivity index (χ1n) is 8.52. The fraction of sp³-hybridized carbons (Fsp3) is 0.0952. The number of benzene rings is 3. The Hall–Kier alpha value is -3.32. The number of hydrogen-bond donors (Lipinski definition) is 2. The summed E-state index contributed by atoms with van der Waals surface area (Å²) in [4.78, 5) is 12.5. The minimum atomic E-state index is -3.67. The molecule has 2 N–H and O–H groups in total. The molecule has 0 fully saturated rings. The summed E-state index contributed by atoms with van der Waals surface area (Å²) in [5, 5.41) is 2.77. The van der Waals surface area contributed by atoms with Crippen LogP contribution in [0.2, 0.25) is 0 Å². The minimum absolute atomic E-state index is 0.188. The number of methoxy groups -OCH3 is 1. The zero-order valence-corrected chi connectivity index (χ0v) is 16.3. The number of carbonyl (C=O) groups excluding carboxylic acids is 1. The second kappa shape index (κ2) is 8.14. The molecule has 0 aliphatic heterocycles. The number of carbonyl (C=O) groups is 1. The molecule has 0 aliphatic rings. The zero-order chi connectivity index (χ0) is 20.1. The Bertz CT molecular complexity index is 1080. The van der Waals surface area contributed by atoms with Crippen molar-refractivity contribution in [2.45, 2.75) is 11.8 Å². The molecule has 3 aromatic carbocycles. The highest BCUT2D eigenvalue weighted by molar-refractivity contribution is 7.92. The minimum Gasteiger partial charge on any atom is -0.497 e. The second-order valence-corrected chi connectivity index (χ2v) is 7.86. The Morgan fingerprint density at radius 3 is 2.18 bits per heavy atom. The molecular weight excluding hydrogens is 376 g/mol. The van der Waals surface area contributed by atoms with Gasteiger partial charge in [0.2, 0.25) is 0 Å². The van der Waals surface area contributed by atoms with E-state index in [0.717, 1.165) is 5.56 Å². The second-order valence-electron chi connectivity index (χ2n) is 6.18. The van der Waals surface area contributed by atoms with E-state index in [1.165, 1.54) is 7.11 Å². The maximum absolute atomic E-state index is 12.4. The predicted molar refractivity (Wildman–Crippen MR) is 109 cm³/mol. The van der Waals surface area contributed by atoms with Crippen LogP contribution >= 0.6 is 0 Å². The van der Waals surface area contributed by atoms with E-state index in [4.69, 9.17) is 4.74 Å². The normalized spacial score (nSPS) is 10.9. The summed E-state index contributed by atoms with van der Waals surface area (Å²) < 4.78 is 32.5. The quantitative estimate of drug-likeness (QED) is 0.658. The average molecular weight is 396 g/mol.